The molecule has 0 spiro atoms. The van der Waals surface area contributed by atoms with Crippen LogP contribution in [-0.2, 0) is 22.8 Å². The van der Waals surface area contributed by atoms with Gasteiger partial charge in [-0.3, -0.25) is 0 Å². The summed E-state index contributed by atoms with van der Waals surface area (Å²) in [7, 11) is 0. The molecule has 1 aromatic heterocycles. The largest absolute Gasteiger partial charge is 0.373 e. The average Bonchev–Trinajstić information content (AvgIpc) is 2.66. The number of thioether (sulfide) groups is 1. The van der Waals surface area contributed by atoms with Crippen LogP contribution in [0.4, 0.5) is 0 Å². The molecule has 0 aliphatic carbocycles. The lowest BCUT2D eigenvalue weighted by Crippen LogP contribution is -2.04. The molecule has 0 amide bonds. The maximum atomic E-state index is 6.07. The van der Waals surface area contributed by atoms with Gasteiger partial charge in [0.25, 0.3) is 0 Å². The summed E-state index contributed by atoms with van der Waals surface area (Å²) in [6.07, 6.45) is 1.01. The van der Waals surface area contributed by atoms with Crippen molar-refractivity contribution in [2.24, 2.45) is 0 Å². The van der Waals surface area contributed by atoms with Crippen LogP contribution in [-0.4, -0.2) is 16.6 Å². The first-order chi connectivity index (χ1) is 7.31. The molecule has 15 heavy (non-hydrogen) atoms. The van der Waals surface area contributed by atoms with Gasteiger partial charge in [0.15, 0.2) is 5.82 Å². The summed E-state index contributed by atoms with van der Waals surface area (Å²) in [6.45, 7) is 3.28. The number of halogens is 1. The van der Waals surface area contributed by atoms with Gasteiger partial charge in [0, 0.05) is 23.7 Å². The van der Waals surface area contributed by atoms with E-state index in [4.69, 9.17) is 16.3 Å². The number of nitrogens with zero attached hydrogens (tertiary/aromatic N) is 2. The Bertz CT molecular complexity index is 360. The van der Waals surface area contributed by atoms with E-state index in [0.29, 0.717) is 17.6 Å². The van der Waals surface area contributed by atoms with Gasteiger partial charge in [0.2, 0.25) is 0 Å². The predicted octanol–water partition coefficient (Wildman–Crippen LogP) is 2.80. The first-order valence-electron chi connectivity index (χ1n) is 5.01. The van der Waals surface area contributed by atoms with Crippen LogP contribution in [0.5, 0.6) is 0 Å². The molecule has 0 bridgehead atoms. The Balaban J connectivity index is 2.09. The predicted molar refractivity (Wildman–Crippen MR) is 62.0 cm³/mol. The van der Waals surface area contributed by atoms with Crippen molar-refractivity contribution in [1.29, 1.82) is 0 Å². The highest BCUT2D eigenvalue weighted by atomic mass is 35.5. The molecule has 2 rings (SSSR count). The van der Waals surface area contributed by atoms with Gasteiger partial charge in [-0.15, -0.1) is 0 Å². The van der Waals surface area contributed by atoms with Crippen LogP contribution in [0, 0.1) is 0 Å². The SMILES string of the molecule is CCCOCc1nc(Cl)c2c(n1)CSC2. The second-order valence-electron chi connectivity index (χ2n) is 3.40. The van der Waals surface area contributed by atoms with Gasteiger partial charge >= 0.3 is 0 Å². The molecule has 0 N–H and O–H groups in total. The summed E-state index contributed by atoms with van der Waals surface area (Å²) < 4.78 is 5.39. The third kappa shape index (κ3) is 2.62. The Morgan fingerprint density at radius 1 is 1.40 bits per heavy atom. The standard InChI is InChI=1S/C10H13ClN2OS/c1-2-3-14-4-9-12-8-6-15-5-7(8)10(11)13-9/h2-6H2,1H3. The van der Waals surface area contributed by atoms with Crippen molar-refractivity contribution in [3.05, 3.63) is 22.2 Å². The topological polar surface area (TPSA) is 35.0 Å². The smallest absolute Gasteiger partial charge is 0.156 e. The van der Waals surface area contributed by atoms with Crippen molar-refractivity contribution in [2.45, 2.75) is 31.5 Å². The van der Waals surface area contributed by atoms with Gasteiger partial charge in [-0.25, -0.2) is 9.97 Å². The quantitative estimate of drug-likeness (QED) is 0.603. The zero-order chi connectivity index (χ0) is 10.7. The van der Waals surface area contributed by atoms with E-state index in [2.05, 4.69) is 16.9 Å². The van der Waals surface area contributed by atoms with Crippen LogP contribution in [0.15, 0.2) is 0 Å². The maximum absolute atomic E-state index is 6.07. The van der Waals surface area contributed by atoms with E-state index in [1.54, 1.807) is 0 Å². The first kappa shape index (κ1) is 11.2. The second-order valence-corrected chi connectivity index (χ2v) is 4.74. The minimum Gasteiger partial charge on any atom is -0.373 e. The minimum absolute atomic E-state index is 0.464. The number of rotatable bonds is 4. The average molecular weight is 245 g/mol. The Morgan fingerprint density at radius 3 is 3.07 bits per heavy atom. The molecular weight excluding hydrogens is 232 g/mol. The molecule has 0 saturated heterocycles. The first-order valence-corrected chi connectivity index (χ1v) is 6.54. The molecule has 0 unspecified atom stereocenters. The van der Waals surface area contributed by atoms with Gasteiger partial charge in [0.05, 0.1) is 5.69 Å². The Morgan fingerprint density at radius 2 is 2.27 bits per heavy atom. The Kier molecular flexibility index (Phi) is 3.83. The molecule has 0 fully saturated rings. The summed E-state index contributed by atoms with van der Waals surface area (Å²) >= 11 is 7.89. The molecule has 2 heterocycles. The molecular formula is C10H13ClN2OS. The van der Waals surface area contributed by atoms with Crippen LogP contribution < -0.4 is 0 Å². The summed E-state index contributed by atoms with van der Waals surface area (Å²) in [5, 5.41) is 0.597. The van der Waals surface area contributed by atoms with E-state index >= 15 is 0 Å². The monoisotopic (exact) mass is 244 g/mol. The van der Waals surface area contributed by atoms with Gasteiger partial charge in [0.1, 0.15) is 11.8 Å². The fraction of sp³-hybridized carbons (Fsp3) is 0.600. The van der Waals surface area contributed by atoms with Crippen molar-refractivity contribution in [3.8, 4) is 0 Å². The number of fused-ring (bicyclic) bond motifs is 1. The highest BCUT2D eigenvalue weighted by molar-refractivity contribution is 7.98. The fourth-order valence-electron chi connectivity index (χ4n) is 1.43. The molecule has 0 saturated carbocycles. The highest BCUT2D eigenvalue weighted by Gasteiger charge is 2.18. The zero-order valence-electron chi connectivity index (χ0n) is 8.62. The van der Waals surface area contributed by atoms with Crippen LogP contribution in [0.3, 0.4) is 0 Å². The van der Waals surface area contributed by atoms with Crippen molar-refractivity contribution in [3.63, 3.8) is 0 Å². The van der Waals surface area contributed by atoms with Crippen LogP contribution in [0.1, 0.15) is 30.4 Å². The molecule has 1 aliphatic rings. The minimum atomic E-state index is 0.464. The number of hydrogen-bond donors (Lipinski definition) is 0. The van der Waals surface area contributed by atoms with Gasteiger partial charge in [-0.05, 0) is 6.42 Å². The summed E-state index contributed by atoms with van der Waals surface area (Å²) in [4.78, 5) is 8.68. The van der Waals surface area contributed by atoms with Crippen LogP contribution in [0.25, 0.3) is 0 Å². The van der Waals surface area contributed by atoms with Crippen LogP contribution in [0.2, 0.25) is 5.15 Å². The summed E-state index contributed by atoms with van der Waals surface area (Å²) in [5.74, 6) is 2.58. The van der Waals surface area contributed by atoms with Gasteiger partial charge in [-0.1, -0.05) is 18.5 Å². The van der Waals surface area contributed by atoms with E-state index in [0.717, 1.165) is 35.8 Å². The van der Waals surface area contributed by atoms with Crippen LogP contribution >= 0.6 is 23.4 Å². The van der Waals surface area contributed by atoms with Crippen molar-refractivity contribution < 1.29 is 4.74 Å². The molecule has 0 aromatic carbocycles. The Labute approximate surface area is 98.6 Å². The van der Waals surface area contributed by atoms with E-state index in [-0.39, 0.29) is 0 Å². The highest BCUT2D eigenvalue weighted by Crippen LogP contribution is 2.32. The number of ether oxygens (including phenoxy) is 1. The molecule has 82 valence electrons. The lowest BCUT2D eigenvalue weighted by atomic mass is 10.3. The Hall–Kier alpha value is -0.320. The van der Waals surface area contributed by atoms with Crippen molar-refractivity contribution in [2.75, 3.05) is 6.61 Å². The summed E-state index contributed by atoms with van der Waals surface area (Å²) in [6, 6.07) is 0. The molecule has 0 atom stereocenters. The molecule has 3 nitrogen and oxygen atoms in total. The van der Waals surface area contributed by atoms with Crippen molar-refractivity contribution >= 4 is 23.4 Å². The van der Waals surface area contributed by atoms with E-state index in [1.165, 1.54) is 0 Å². The van der Waals surface area contributed by atoms with Gasteiger partial charge in [-0.2, -0.15) is 11.8 Å². The number of hydrogen-bond acceptors (Lipinski definition) is 4. The van der Waals surface area contributed by atoms with Gasteiger partial charge < -0.3 is 4.74 Å². The maximum Gasteiger partial charge on any atom is 0.156 e. The fourth-order valence-corrected chi connectivity index (χ4v) is 2.83. The van der Waals surface area contributed by atoms with E-state index in [1.807, 2.05) is 11.8 Å². The third-order valence-electron chi connectivity index (χ3n) is 2.15. The molecule has 1 aromatic rings. The molecule has 5 heteroatoms. The molecule has 1 aliphatic heterocycles. The van der Waals surface area contributed by atoms with E-state index < -0.39 is 0 Å². The van der Waals surface area contributed by atoms with Crippen molar-refractivity contribution in [1.82, 2.24) is 9.97 Å². The number of aromatic nitrogens is 2. The lowest BCUT2D eigenvalue weighted by Gasteiger charge is -2.05. The molecule has 0 radical (unpaired) electrons. The lowest BCUT2D eigenvalue weighted by molar-refractivity contribution is 0.116. The zero-order valence-corrected chi connectivity index (χ0v) is 10.2. The normalized spacial score (nSPS) is 14.3. The third-order valence-corrected chi connectivity index (χ3v) is 3.44. The summed E-state index contributed by atoms with van der Waals surface area (Å²) in [5.41, 5.74) is 2.18. The van der Waals surface area contributed by atoms with E-state index in [9.17, 15) is 0 Å². The second kappa shape index (κ2) is 5.14.